The summed E-state index contributed by atoms with van der Waals surface area (Å²) in [5.41, 5.74) is -0.895. The molecule has 0 aliphatic carbocycles. The predicted octanol–water partition coefficient (Wildman–Crippen LogP) is 4.07. The molecule has 2 heterocycles. The first kappa shape index (κ1) is 15.3. The molecule has 1 fully saturated rings. The lowest BCUT2D eigenvalue weighted by molar-refractivity contribution is -0.138. The maximum atomic E-state index is 13.2. The summed E-state index contributed by atoms with van der Waals surface area (Å²) < 4.78 is 39.7. The lowest BCUT2D eigenvalue weighted by Crippen LogP contribution is -2.49. The van der Waals surface area contributed by atoms with Gasteiger partial charge < -0.3 is 0 Å². The molecule has 0 spiro atoms. The van der Waals surface area contributed by atoms with Gasteiger partial charge in [0.2, 0.25) is 0 Å². The van der Waals surface area contributed by atoms with Gasteiger partial charge in [-0.2, -0.15) is 13.2 Å². The Hall–Kier alpha value is -1.62. The summed E-state index contributed by atoms with van der Waals surface area (Å²) in [5, 5.41) is 0. The van der Waals surface area contributed by atoms with Crippen molar-refractivity contribution in [1.29, 1.82) is 0 Å². The standard InChI is InChI=1S/C17H19F3N2/c18-17(19,20)15-8-3-2-7-14(15)13-16(9-6-10-21-16)22-11-4-1-5-12-22/h2-3,6-10H,1,4-5,11-13H2. The molecule has 2 nitrogen and oxygen atoms in total. The number of halogens is 3. The number of piperidine rings is 1. The Morgan fingerprint density at radius 3 is 2.45 bits per heavy atom. The van der Waals surface area contributed by atoms with Crippen molar-refractivity contribution in [3.8, 4) is 0 Å². The molecule has 22 heavy (non-hydrogen) atoms. The molecule has 1 aromatic rings. The van der Waals surface area contributed by atoms with Crippen LogP contribution in [0.5, 0.6) is 0 Å². The molecule has 1 aromatic carbocycles. The molecule has 5 heteroatoms. The third-order valence-electron chi connectivity index (χ3n) is 4.42. The molecule has 1 atom stereocenters. The van der Waals surface area contributed by atoms with Crippen molar-refractivity contribution in [3.05, 3.63) is 47.5 Å². The first-order chi connectivity index (χ1) is 10.5. The van der Waals surface area contributed by atoms with Crippen LogP contribution >= 0.6 is 0 Å². The van der Waals surface area contributed by atoms with Crippen LogP contribution in [0.15, 0.2) is 41.4 Å². The van der Waals surface area contributed by atoms with Crippen LogP contribution in [-0.4, -0.2) is 29.9 Å². The van der Waals surface area contributed by atoms with E-state index in [2.05, 4.69) is 9.89 Å². The Balaban J connectivity index is 1.93. The SMILES string of the molecule is FC(F)(F)c1ccccc1CC1(N2CCCCC2)C=CC=N1. The van der Waals surface area contributed by atoms with Crippen LogP contribution in [0.2, 0.25) is 0 Å². The molecule has 0 saturated carbocycles. The lowest BCUT2D eigenvalue weighted by atomic mass is 9.93. The Bertz CT molecular complexity index is 572. The molecular formula is C17H19F3N2. The summed E-state index contributed by atoms with van der Waals surface area (Å²) in [6.45, 7) is 1.77. The molecular weight excluding hydrogens is 289 g/mol. The molecule has 118 valence electrons. The minimum Gasteiger partial charge on any atom is -0.276 e. The van der Waals surface area contributed by atoms with Crippen molar-refractivity contribution >= 4 is 6.21 Å². The summed E-state index contributed by atoms with van der Waals surface area (Å²) in [7, 11) is 0. The number of rotatable bonds is 3. The van der Waals surface area contributed by atoms with Crippen molar-refractivity contribution in [1.82, 2.24) is 4.90 Å². The van der Waals surface area contributed by atoms with E-state index < -0.39 is 17.4 Å². The van der Waals surface area contributed by atoms with Gasteiger partial charge in [-0.15, -0.1) is 0 Å². The second kappa shape index (κ2) is 5.88. The van der Waals surface area contributed by atoms with E-state index in [1.165, 1.54) is 12.5 Å². The van der Waals surface area contributed by atoms with E-state index in [4.69, 9.17) is 0 Å². The first-order valence-electron chi connectivity index (χ1n) is 7.64. The number of alkyl halides is 3. The van der Waals surface area contributed by atoms with Crippen molar-refractivity contribution in [2.24, 2.45) is 4.99 Å². The van der Waals surface area contributed by atoms with Crippen molar-refractivity contribution in [2.75, 3.05) is 13.1 Å². The fourth-order valence-corrected chi connectivity index (χ4v) is 3.33. The summed E-state index contributed by atoms with van der Waals surface area (Å²) in [6.07, 6.45) is 4.74. The number of allylic oxidation sites excluding steroid dienone is 1. The van der Waals surface area contributed by atoms with Gasteiger partial charge in [-0.05, 0) is 36.6 Å². The van der Waals surface area contributed by atoms with Crippen LogP contribution < -0.4 is 0 Å². The van der Waals surface area contributed by atoms with E-state index in [1.54, 1.807) is 18.3 Å². The normalized spacial score (nSPS) is 25.8. The van der Waals surface area contributed by atoms with Crippen LogP contribution in [0.3, 0.4) is 0 Å². The van der Waals surface area contributed by atoms with Crippen LogP contribution in [0.4, 0.5) is 13.2 Å². The Kier molecular flexibility index (Phi) is 4.08. The monoisotopic (exact) mass is 308 g/mol. The lowest BCUT2D eigenvalue weighted by Gasteiger charge is -2.40. The third kappa shape index (κ3) is 2.95. The van der Waals surface area contributed by atoms with Crippen molar-refractivity contribution in [2.45, 2.75) is 37.5 Å². The van der Waals surface area contributed by atoms with E-state index in [1.807, 2.05) is 12.2 Å². The fraction of sp³-hybridized carbons (Fsp3) is 0.471. The zero-order chi connectivity index (χ0) is 15.6. The predicted molar refractivity (Wildman–Crippen MR) is 80.9 cm³/mol. The van der Waals surface area contributed by atoms with Gasteiger partial charge in [-0.1, -0.05) is 24.6 Å². The van der Waals surface area contributed by atoms with Gasteiger partial charge in [0.15, 0.2) is 0 Å². The number of hydrogen-bond donors (Lipinski definition) is 0. The molecule has 0 amide bonds. The highest BCUT2D eigenvalue weighted by Crippen LogP contribution is 2.36. The van der Waals surface area contributed by atoms with Crippen LogP contribution in [-0.2, 0) is 12.6 Å². The van der Waals surface area contributed by atoms with Crippen LogP contribution in [0, 0.1) is 0 Å². The third-order valence-corrected chi connectivity index (χ3v) is 4.42. The van der Waals surface area contributed by atoms with Gasteiger partial charge in [0, 0.05) is 25.7 Å². The maximum Gasteiger partial charge on any atom is 0.416 e. The summed E-state index contributed by atoms with van der Waals surface area (Å²) in [6, 6.07) is 5.82. The second-order valence-electron chi connectivity index (χ2n) is 5.90. The molecule has 1 unspecified atom stereocenters. The van der Waals surface area contributed by atoms with E-state index in [0.717, 1.165) is 32.0 Å². The minimum atomic E-state index is -4.33. The zero-order valence-corrected chi connectivity index (χ0v) is 12.3. The highest BCUT2D eigenvalue weighted by molar-refractivity contribution is 5.75. The highest BCUT2D eigenvalue weighted by atomic mass is 19.4. The molecule has 2 aliphatic rings. The molecule has 0 aromatic heterocycles. The zero-order valence-electron chi connectivity index (χ0n) is 12.3. The second-order valence-corrected chi connectivity index (χ2v) is 5.90. The van der Waals surface area contributed by atoms with Crippen molar-refractivity contribution in [3.63, 3.8) is 0 Å². The van der Waals surface area contributed by atoms with E-state index >= 15 is 0 Å². The average molecular weight is 308 g/mol. The Morgan fingerprint density at radius 1 is 1.09 bits per heavy atom. The van der Waals surface area contributed by atoms with Gasteiger partial charge in [0.05, 0.1) is 5.56 Å². The van der Waals surface area contributed by atoms with Crippen LogP contribution in [0.25, 0.3) is 0 Å². The molecule has 0 N–H and O–H groups in total. The topological polar surface area (TPSA) is 15.6 Å². The molecule has 2 aliphatic heterocycles. The van der Waals surface area contributed by atoms with Crippen LogP contribution in [0.1, 0.15) is 30.4 Å². The average Bonchev–Trinajstić information content (AvgIpc) is 2.97. The van der Waals surface area contributed by atoms with E-state index in [-0.39, 0.29) is 6.42 Å². The molecule has 1 saturated heterocycles. The number of likely N-dealkylation sites (tertiary alicyclic amines) is 1. The molecule has 3 rings (SSSR count). The minimum absolute atomic E-state index is 0.260. The largest absolute Gasteiger partial charge is 0.416 e. The summed E-state index contributed by atoms with van der Waals surface area (Å²) in [5.74, 6) is 0. The number of hydrogen-bond acceptors (Lipinski definition) is 2. The van der Waals surface area contributed by atoms with E-state index in [0.29, 0.717) is 5.56 Å². The van der Waals surface area contributed by atoms with E-state index in [9.17, 15) is 13.2 Å². The van der Waals surface area contributed by atoms with Gasteiger partial charge in [0.1, 0.15) is 5.66 Å². The Morgan fingerprint density at radius 2 is 1.82 bits per heavy atom. The van der Waals surface area contributed by atoms with Gasteiger partial charge in [0.25, 0.3) is 0 Å². The summed E-state index contributed by atoms with van der Waals surface area (Å²) in [4.78, 5) is 6.74. The quantitative estimate of drug-likeness (QED) is 0.822. The van der Waals surface area contributed by atoms with Crippen molar-refractivity contribution < 1.29 is 13.2 Å². The summed E-state index contributed by atoms with van der Waals surface area (Å²) >= 11 is 0. The Labute approximate surface area is 128 Å². The highest BCUT2D eigenvalue weighted by Gasteiger charge is 2.39. The van der Waals surface area contributed by atoms with Gasteiger partial charge in [-0.25, -0.2) is 0 Å². The number of benzene rings is 1. The number of nitrogens with zero attached hydrogens (tertiary/aromatic N) is 2. The smallest absolute Gasteiger partial charge is 0.276 e. The molecule has 0 bridgehead atoms. The van der Waals surface area contributed by atoms with Gasteiger partial charge >= 0.3 is 6.18 Å². The fourth-order valence-electron chi connectivity index (χ4n) is 3.33. The number of aliphatic imine (C=N–C) groups is 1. The van der Waals surface area contributed by atoms with Gasteiger partial charge in [-0.3, -0.25) is 9.89 Å². The maximum absolute atomic E-state index is 13.2. The molecule has 0 radical (unpaired) electrons. The first-order valence-corrected chi connectivity index (χ1v) is 7.64.